The Morgan fingerprint density at radius 2 is 2.08 bits per heavy atom. The van der Waals surface area contributed by atoms with Gasteiger partial charge in [-0.3, -0.25) is 14.9 Å². The molecule has 0 aliphatic carbocycles. The summed E-state index contributed by atoms with van der Waals surface area (Å²) in [5, 5.41) is 10.0. The normalized spacial score (nSPS) is 16.2. The number of carbonyl (C=O) groups is 1. The molecule has 26 heavy (non-hydrogen) atoms. The molecule has 1 aromatic carbocycles. The molecule has 3 heterocycles. The van der Waals surface area contributed by atoms with Gasteiger partial charge >= 0.3 is 0 Å². The molecule has 0 fully saturated rings. The second-order valence-electron chi connectivity index (χ2n) is 6.21. The highest BCUT2D eigenvalue weighted by Gasteiger charge is 2.23. The summed E-state index contributed by atoms with van der Waals surface area (Å²) >= 11 is 0. The van der Waals surface area contributed by atoms with Crippen molar-refractivity contribution in [2.45, 2.75) is 19.4 Å². The number of aromatic nitrogens is 4. The van der Waals surface area contributed by atoms with Gasteiger partial charge in [-0.2, -0.15) is 5.10 Å². The van der Waals surface area contributed by atoms with Crippen LogP contribution < -0.4 is 10.1 Å². The maximum absolute atomic E-state index is 12.6. The topological polar surface area (TPSA) is 92.8 Å². The molecule has 0 unspecified atom stereocenters. The molecule has 3 aromatic rings. The van der Waals surface area contributed by atoms with Gasteiger partial charge in [0.15, 0.2) is 5.82 Å². The fourth-order valence-electron chi connectivity index (χ4n) is 3.04. The molecule has 4 rings (SSSR count). The Hall–Kier alpha value is -3.22. The van der Waals surface area contributed by atoms with E-state index < -0.39 is 0 Å². The number of aromatic amines is 1. The Labute approximate surface area is 150 Å². The largest absolute Gasteiger partial charge is 0.493 e. The summed E-state index contributed by atoms with van der Waals surface area (Å²) in [5.41, 5.74) is 1.95. The summed E-state index contributed by atoms with van der Waals surface area (Å²) in [6.07, 6.45) is 4.76. The Morgan fingerprint density at radius 3 is 2.96 bits per heavy atom. The maximum Gasteiger partial charge on any atom is 0.223 e. The number of amides is 1. The van der Waals surface area contributed by atoms with Crippen LogP contribution in [0.15, 0.2) is 48.8 Å². The van der Waals surface area contributed by atoms with Crippen LogP contribution in [0.5, 0.6) is 5.75 Å². The number of benzene rings is 1. The summed E-state index contributed by atoms with van der Waals surface area (Å²) in [6.45, 7) is 0.861. The van der Waals surface area contributed by atoms with Crippen molar-refractivity contribution >= 4 is 5.91 Å². The fraction of sp³-hybridized carbons (Fsp3) is 0.263. The first kappa shape index (κ1) is 16.3. The lowest BCUT2D eigenvalue weighted by Gasteiger charge is -2.13. The minimum atomic E-state index is -0.110. The first-order valence-electron chi connectivity index (χ1n) is 8.59. The van der Waals surface area contributed by atoms with Crippen LogP contribution in [0.3, 0.4) is 0 Å². The lowest BCUT2D eigenvalue weighted by atomic mass is 9.96. The molecule has 2 aromatic heterocycles. The average molecular weight is 349 g/mol. The van der Waals surface area contributed by atoms with Gasteiger partial charge in [0, 0.05) is 23.9 Å². The van der Waals surface area contributed by atoms with Gasteiger partial charge in [-0.05, 0) is 36.6 Å². The van der Waals surface area contributed by atoms with Crippen LogP contribution in [0.2, 0.25) is 0 Å². The van der Waals surface area contributed by atoms with Crippen LogP contribution in [0.4, 0.5) is 0 Å². The van der Waals surface area contributed by atoms with E-state index in [-0.39, 0.29) is 11.8 Å². The highest BCUT2D eigenvalue weighted by atomic mass is 16.5. The Bertz CT molecular complexity index is 894. The molecule has 0 radical (unpaired) electrons. The molecule has 132 valence electrons. The molecule has 1 amide bonds. The minimum absolute atomic E-state index is 0.00663. The molecule has 1 aliphatic heterocycles. The summed E-state index contributed by atoms with van der Waals surface area (Å²) in [5.74, 6) is 1.98. The SMILES string of the molecule is O=C(NCc1nc(-c2ccncc2)n[nH]1)[C@@H]1CCOc2ccccc2C1. The van der Waals surface area contributed by atoms with Crippen molar-refractivity contribution in [2.24, 2.45) is 5.92 Å². The second-order valence-corrected chi connectivity index (χ2v) is 6.21. The second kappa shape index (κ2) is 7.35. The van der Waals surface area contributed by atoms with E-state index in [1.165, 1.54) is 0 Å². The number of ether oxygens (including phenoxy) is 1. The van der Waals surface area contributed by atoms with E-state index in [0.717, 1.165) is 16.9 Å². The summed E-state index contributed by atoms with van der Waals surface area (Å²) in [7, 11) is 0. The molecular formula is C19H19N5O2. The van der Waals surface area contributed by atoms with Gasteiger partial charge in [0.2, 0.25) is 5.91 Å². The first-order valence-corrected chi connectivity index (χ1v) is 8.59. The zero-order valence-electron chi connectivity index (χ0n) is 14.2. The smallest absolute Gasteiger partial charge is 0.223 e. The molecule has 0 saturated heterocycles. The molecule has 7 heteroatoms. The molecule has 1 atom stereocenters. The van der Waals surface area contributed by atoms with Crippen LogP contribution in [0.1, 0.15) is 17.8 Å². The third-order valence-electron chi connectivity index (χ3n) is 4.43. The highest BCUT2D eigenvalue weighted by molar-refractivity contribution is 5.79. The minimum Gasteiger partial charge on any atom is -0.493 e. The van der Waals surface area contributed by atoms with E-state index in [4.69, 9.17) is 4.74 Å². The average Bonchev–Trinajstić information content (AvgIpc) is 3.05. The van der Waals surface area contributed by atoms with Gasteiger partial charge in [0.25, 0.3) is 0 Å². The third-order valence-corrected chi connectivity index (χ3v) is 4.43. The van der Waals surface area contributed by atoms with Crippen LogP contribution in [0, 0.1) is 5.92 Å². The number of rotatable bonds is 4. The number of pyridine rings is 1. The van der Waals surface area contributed by atoms with E-state index in [1.807, 2.05) is 36.4 Å². The van der Waals surface area contributed by atoms with E-state index in [0.29, 0.717) is 37.6 Å². The van der Waals surface area contributed by atoms with Crippen molar-refractivity contribution in [2.75, 3.05) is 6.61 Å². The molecular weight excluding hydrogens is 330 g/mol. The van der Waals surface area contributed by atoms with Crippen LogP contribution >= 0.6 is 0 Å². The maximum atomic E-state index is 12.6. The predicted molar refractivity (Wildman–Crippen MR) is 95.2 cm³/mol. The first-order chi connectivity index (χ1) is 12.8. The van der Waals surface area contributed by atoms with E-state index >= 15 is 0 Å². The van der Waals surface area contributed by atoms with Gasteiger partial charge in [-0.1, -0.05) is 18.2 Å². The van der Waals surface area contributed by atoms with Crippen molar-refractivity contribution in [3.63, 3.8) is 0 Å². The van der Waals surface area contributed by atoms with Gasteiger partial charge in [-0.25, -0.2) is 4.98 Å². The van der Waals surface area contributed by atoms with E-state index in [9.17, 15) is 4.79 Å². The molecule has 0 spiro atoms. The zero-order chi connectivity index (χ0) is 17.8. The van der Waals surface area contributed by atoms with Crippen molar-refractivity contribution < 1.29 is 9.53 Å². The number of para-hydroxylation sites is 1. The van der Waals surface area contributed by atoms with Crippen LogP contribution in [-0.4, -0.2) is 32.7 Å². The van der Waals surface area contributed by atoms with Crippen LogP contribution in [-0.2, 0) is 17.8 Å². The number of nitrogens with zero attached hydrogens (tertiary/aromatic N) is 3. The number of carbonyl (C=O) groups excluding carboxylic acids is 1. The fourth-order valence-corrected chi connectivity index (χ4v) is 3.04. The van der Waals surface area contributed by atoms with E-state index in [1.54, 1.807) is 12.4 Å². The molecule has 0 saturated carbocycles. The number of fused-ring (bicyclic) bond motifs is 1. The number of hydrogen-bond acceptors (Lipinski definition) is 5. The Balaban J connectivity index is 1.38. The summed E-state index contributed by atoms with van der Waals surface area (Å²) < 4.78 is 5.73. The number of hydrogen-bond donors (Lipinski definition) is 2. The van der Waals surface area contributed by atoms with E-state index in [2.05, 4.69) is 25.5 Å². The predicted octanol–water partition coefficient (Wildman–Crippen LogP) is 2.12. The molecule has 2 N–H and O–H groups in total. The third kappa shape index (κ3) is 3.56. The summed E-state index contributed by atoms with van der Waals surface area (Å²) in [4.78, 5) is 21.0. The van der Waals surface area contributed by atoms with Crippen molar-refractivity contribution in [1.82, 2.24) is 25.5 Å². The van der Waals surface area contributed by atoms with Gasteiger partial charge in [0.1, 0.15) is 11.6 Å². The van der Waals surface area contributed by atoms with Crippen molar-refractivity contribution in [1.29, 1.82) is 0 Å². The van der Waals surface area contributed by atoms with Crippen LogP contribution in [0.25, 0.3) is 11.4 Å². The Kier molecular flexibility index (Phi) is 4.59. The highest BCUT2D eigenvalue weighted by Crippen LogP contribution is 2.26. The molecule has 0 bridgehead atoms. The monoisotopic (exact) mass is 349 g/mol. The molecule has 1 aliphatic rings. The Morgan fingerprint density at radius 1 is 1.23 bits per heavy atom. The number of H-pyrrole nitrogens is 1. The lowest BCUT2D eigenvalue weighted by Crippen LogP contribution is -2.32. The van der Waals surface area contributed by atoms with Gasteiger partial charge < -0.3 is 10.1 Å². The lowest BCUT2D eigenvalue weighted by molar-refractivity contribution is -0.125. The summed E-state index contributed by atoms with van der Waals surface area (Å²) in [6, 6.07) is 11.6. The standard InChI is InChI=1S/C19H19N5O2/c25-19(15-7-10-26-16-4-2-1-3-14(16)11-15)21-12-17-22-18(24-23-17)13-5-8-20-9-6-13/h1-6,8-9,15H,7,10-12H2,(H,21,25)(H,22,23,24)/t15-/m1/s1. The quantitative estimate of drug-likeness (QED) is 0.753. The van der Waals surface area contributed by atoms with Crippen molar-refractivity contribution in [3.05, 3.63) is 60.2 Å². The van der Waals surface area contributed by atoms with Gasteiger partial charge in [0.05, 0.1) is 13.2 Å². The van der Waals surface area contributed by atoms with Gasteiger partial charge in [-0.15, -0.1) is 0 Å². The zero-order valence-corrected chi connectivity index (χ0v) is 14.2. The molecule has 7 nitrogen and oxygen atoms in total. The van der Waals surface area contributed by atoms with Crippen molar-refractivity contribution in [3.8, 4) is 17.1 Å². The number of nitrogens with one attached hydrogen (secondary N) is 2.